The SMILES string of the molecule is Cn1nnnc1Sc1ccnc(C(=N)N)c1. The molecule has 0 spiro atoms. The lowest BCUT2D eigenvalue weighted by Crippen LogP contribution is -2.12. The van der Waals surface area contributed by atoms with Crippen LogP contribution in [0.25, 0.3) is 0 Å². The van der Waals surface area contributed by atoms with Gasteiger partial charge in [-0.2, -0.15) is 0 Å². The van der Waals surface area contributed by atoms with Crippen LogP contribution in [-0.4, -0.2) is 31.0 Å². The Morgan fingerprint density at radius 3 is 3.00 bits per heavy atom. The maximum atomic E-state index is 7.28. The third kappa shape index (κ3) is 2.16. The van der Waals surface area contributed by atoms with Gasteiger partial charge in [-0.25, -0.2) is 4.68 Å². The number of nitrogens with two attached hydrogens (primary N) is 1. The molecule has 16 heavy (non-hydrogen) atoms. The van der Waals surface area contributed by atoms with E-state index in [0.29, 0.717) is 10.9 Å². The number of aryl methyl sites for hydroxylation is 1. The van der Waals surface area contributed by atoms with E-state index in [-0.39, 0.29) is 5.84 Å². The number of tetrazole rings is 1. The second kappa shape index (κ2) is 4.27. The number of pyridine rings is 1. The molecule has 2 aromatic rings. The lowest BCUT2D eigenvalue weighted by atomic mass is 10.3. The van der Waals surface area contributed by atoms with Gasteiger partial charge in [-0.05, 0) is 34.3 Å². The van der Waals surface area contributed by atoms with Gasteiger partial charge in [0.15, 0.2) is 0 Å². The van der Waals surface area contributed by atoms with Crippen LogP contribution in [0.2, 0.25) is 0 Å². The van der Waals surface area contributed by atoms with Crippen molar-refractivity contribution in [1.82, 2.24) is 25.2 Å². The van der Waals surface area contributed by atoms with Crippen molar-refractivity contribution >= 4 is 17.6 Å². The summed E-state index contributed by atoms with van der Waals surface area (Å²) in [5, 5.41) is 19.1. The number of nitrogen functional groups attached to an aromatic ring is 1. The van der Waals surface area contributed by atoms with Crippen LogP contribution in [0, 0.1) is 5.41 Å². The van der Waals surface area contributed by atoms with Gasteiger partial charge in [-0.1, -0.05) is 0 Å². The van der Waals surface area contributed by atoms with Crippen molar-refractivity contribution in [3.8, 4) is 0 Å². The van der Waals surface area contributed by atoms with Crippen LogP contribution in [0.15, 0.2) is 28.4 Å². The molecule has 0 unspecified atom stereocenters. The molecule has 2 rings (SSSR count). The largest absolute Gasteiger partial charge is 0.382 e. The van der Waals surface area contributed by atoms with E-state index in [1.54, 1.807) is 24.0 Å². The van der Waals surface area contributed by atoms with Gasteiger partial charge >= 0.3 is 0 Å². The van der Waals surface area contributed by atoms with Crippen LogP contribution in [0.1, 0.15) is 5.69 Å². The zero-order chi connectivity index (χ0) is 11.5. The summed E-state index contributed by atoms with van der Waals surface area (Å²) >= 11 is 1.39. The number of aromatic nitrogens is 5. The number of amidine groups is 1. The topological polar surface area (TPSA) is 106 Å². The molecule has 0 aliphatic rings. The minimum Gasteiger partial charge on any atom is -0.382 e. The third-order valence-corrected chi connectivity index (χ3v) is 2.82. The van der Waals surface area contributed by atoms with Gasteiger partial charge < -0.3 is 5.73 Å². The molecule has 7 nitrogen and oxygen atoms in total. The van der Waals surface area contributed by atoms with Crippen molar-refractivity contribution in [3.05, 3.63) is 24.0 Å². The Balaban J connectivity index is 2.25. The molecular weight excluding hydrogens is 226 g/mol. The minimum absolute atomic E-state index is 0.0569. The van der Waals surface area contributed by atoms with Gasteiger partial charge in [0.2, 0.25) is 5.16 Å². The summed E-state index contributed by atoms with van der Waals surface area (Å²) in [5.74, 6) is -0.0569. The normalized spacial score (nSPS) is 10.3. The summed E-state index contributed by atoms with van der Waals surface area (Å²) in [5.41, 5.74) is 5.80. The van der Waals surface area contributed by atoms with Crippen molar-refractivity contribution in [2.45, 2.75) is 10.1 Å². The smallest absolute Gasteiger partial charge is 0.213 e. The molecule has 0 aromatic carbocycles. The van der Waals surface area contributed by atoms with E-state index in [1.807, 2.05) is 6.07 Å². The monoisotopic (exact) mass is 235 g/mol. The number of hydrogen-bond donors (Lipinski definition) is 2. The summed E-state index contributed by atoms with van der Waals surface area (Å²) < 4.78 is 1.57. The van der Waals surface area contributed by atoms with E-state index >= 15 is 0 Å². The molecule has 0 bridgehead atoms. The van der Waals surface area contributed by atoms with Crippen molar-refractivity contribution < 1.29 is 0 Å². The predicted octanol–water partition coefficient (Wildman–Crippen LogP) is 0.0404. The molecule has 8 heteroatoms. The predicted molar refractivity (Wildman–Crippen MR) is 58.2 cm³/mol. The van der Waals surface area contributed by atoms with Crippen LogP contribution in [0.4, 0.5) is 0 Å². The van der Waals surface area contributed by atoms with Crippen molar-refractivity contribution in [2.75, 3.05) is 0 Å². The lowest BCUT2D eigenvalue weighted by molar-refractivity contribution is 0.664. The second-order valence-electron chi connectivity index (χ2n) is 2.98. The van der Waals surface area contributed by atoms with E-state index in [2.05, 4.69) is 20.5 Å². The summed E-state index contributed by atoms with van der Waals surface area (Å²) in [6, 6.07) is 3.54. The highest BCUT2D eigenvalue weighted by molar-refractivity contribution is 7.99. The second-order valence-corrected chi connectivity index (χ2v) is 4.02. The fourth-order valence-corrected chi connectivity index (χ4v) is 1.79. The average Bonchev–Trinajstić information content (AvgIpc) is 2.65. The molecule has 0 saturated carbocycles. The number of nitrogens with zero attached hydrogens (tertiary/aromatic N) is 5. The van der Waals surface area contributed by atoms with Gasteiger partial charge in [0.1, 0.15) is 11.5 Å². The molecule has 0 atom stereocenters. The van der Waals surface area contributed by atoms with Crippen LogP contribution in [0.3, 0.4) is 0 Å². The molecule has 2 heterocycles. The first-order chi connectivity index (χ1) is 7.66. The quantitative estimate of drug-likeness (QED) is 0.574. The summed E-state index contributed by atoms with van der Waals surface area (Å²) in [6.07, 6.45) is 1.60. The Kier molecular flexibility index (Phi) is 2.82. The summed E-state index contributed by atoms with van der Waals surface area (Å²) in [4.78, 5) is 4.86. The van der Waals surface area contributed by atoms with E-state index in [1.165, 1.54) is 11.8 Å². The molecule has 0 fully saturated rings. The van der Waals surface area contributed by atoms with Crippen molar-refractivity contribution in [3.63, 3.8) is 0 Å². The first-order valence-corrected chi connectivity index (χ1v) is 5.19. The zero-order valence-corrected chi connectivity index (χ0v) is 9.27. The van der Waals surface area contributed by atoms with Crippen molar-refractivity contribution in [2.24, 2.45) is 12.8 Å². The van der Waals surface area contributed by atoms with Crippen LogP contribution in [0.5, 0.6) is 0 Å². The molecule has 0 radical (unpaired) electrons. The van der Waals surface area contributed by atoms with Gasteiger partial charge in [-0.15, -0.1) is 5.10 Å². The molecule has 2 aromatic heterocycles. The minimum atomic E-state index is -0.0569. The molecule has 0 saturated heterocycles. The molecule has 0 aliphatic carbocycles. The molecule has 0 aliphatic heterocycles. The van der Waals surface area contributed by atoms with E-state index in [4.69, 9.17) is 11.1 Å². The first kappa shape index (κ1) is 10.6. The zero-order valence-electron chi connectivity index (χ0n) is 8.45. The number of rotatable bonds is 3. The van der Waals surface area contributed by atoms with Gasteiger partial charge in [0.25, 0.3) is 0 Å². The van der Waals surface area contributed by atoms with E-state index in [0.717, 1.165) is 4.90 Å². The van der Waals surface area contributed by atoms with Gasteiger partial charge in [0.05, 0.1) is 0 Å². The standard InChI is InChI=1S/C8H9N7S/c1-15-8(12-13-14-15)16-5-2-3-11-6(4-5)7(9)10/h2-4H,1H3,(H3,9,10). The molecule has 82 valence electrons. The summed E-state index contributed by atoms with van der Waals surface area (Å²) in [7, 11) is 1.76. The van der Waals surface area contributed by atoms with Crippen molar-refractivity contribution in [1.29, 1.82) is 5.41 Å². The Hall–Kier alpha value is -1.96. The van der Waals surface area contributed by atoms with E-state index < -0.39 is 0 Å². The summed E-state index contributed by atoms with van der Waals surface area (Å²) in [6.45, 7) is 0. The maximum absolute atomic E-state index is 7.28. The van der Waals surface area contributed by atoms with E-state index in [9.17, 15) is 0 Å². The van der Waals surface area contributed by atoms with Crippen LogP contribution in [-0.2, 0) is 7.05 Å². The van der Waals surface area contributed by atoms with Crippen LogP contribution < -0.4 is 5.73 Å². The first-order valence-electron chi connectivity index (χ1n) is 4.37. The number of nitrogens with one attached hydrogen (secondary N) is 1. The molecule has 3 N–H and O–H groups in total. The molecular formula is C8H9N7S. The third-order valence-electron chi connectivity index (χ3n) is 1.80. The van der Waals surface area contributed by atoms with Gasteiger partial charge in [0, 0.05) is 18.1 Å². The highest BCUT2D eigenvalue weighted by Gasteiger charge is 2.06. The fraction of sp³-hybridized carbons (Fsp3) is 0.125. The number of hydrogen-bond acceptors (Lipinski definition) is 6. The fourth-order valence-electron chi connectivity index (χ4n) is 1.04. The average molecular weight is 235 g/mol. The molecule has 0 amide bonds. The Morgan fingerprint density at radius 2 is 2.38 bits per heavy atom. The maximum Gasteiger partial charge on any atom is 0.213 e. The van der Waals surface area contributed by atoms with Crippen LogP contribution >= 0.6 is 11.8 Å². The highest BCUT2D eigenvalue weighted by atomic mass is 32.2. The Labute approximate surface area is 95.6 Å². The Morgan fingerprint density at radius 1 is 1.56 bits per heavy atom. The Bertz CT molecular complexity index is 521. The van der Waals surface area contributed by atoms with Gasteiger partial charge in [-0.3, -0.25) is 10.4 Å². The highest BCUT2D eigenvalue weighted by Crippen LogP contribution is 2.24. The lowest BCUT2D eigenvalue weighted by Gasteiger charge is -2.01.